The highest BCUT2D eigenvalue weighted by Gasteiger charge is 2.42. The smallest absolute Gasteiger partial charge is 0.327 e. The summed E-state index contributed by atoms with van der Waals surface area (Å²) in [5, 5.41) is 13.0. The summed E-state index contributed by atoms with van der Waals surface area (Å²) in [5.41, 5.74) is 1.32. The molecule has 1 unspecified atom stereocenters. The van der Waals surface area contributed by atoms with Crippen LogP contribution < -0.4 is 0 Å². The molecule has 106 valence electrons. The molecule has 0 fully saturated rings. The van der Waals surface area contributed by atoms with Gasteiger partial charge in [0.25, 0.3) is 11.8 Å². The summed E-state index contributed by atoms with van der Waals surface area (Å²) in [4.78, 5) is 37.0. The van der Waals surface area contributed by atoms with Crippen LogP contribution in [0.1, 0.15) is 26.3 Å². The standard InChI is InChI=1S/C15H11NO4S/c17-13-10-3-1-2-4-11(10)14(18)16(13)12(15(19)20)7-9-5-6-21-8-9/h1-6,8,12H,7H2,(H,19,20). The lowest BCUT2D eigenvalue weighted by atomic mass is 10.1. The number of carboxylic acids is 1. The summed E-state index contributed by atoms with van der Waals surface area (Å²) in [5.74, 6) is -2.27. The first-order chi connectivity index (χ1) is 10.1. The van der Waals surface area contributed by atoms with Gasteiger partial charge in [-0.15, -0.1) is 0 Å². The number of fused-ring (bicyclic) bond motifs is 1. The highest BCUT2D eigenvalue weighted by Crippen LogP contribution is 2.26. The number of thiophene rings is 1. The number of carbonyl (C=O) groups is 3. The van der Waals surface area contributed by atoms with E-state index in [0.29, 0.717) is 0 Å². The number of hydrogen-bond donors (Lipinski definition) is 1. The van der Waals surface area contributed by atoms with Gasteiger partial charge in [-0.25, -0.2) is 4.79 Å². The van der Waals surface area contributed by atoms with Crippen LogP contribution in [0.25, 0.3) is 0 Å². The molecule has 0 radical (unpaired) electrons. The maximum Gasteiger partial charge on any atom is 0.327 e. The van der Waals surface area contributed by atoms with Gasteiger partial charge in [-0.2, -0.15) is 11.3 Å². The second-order valence-electron chi connectivity index (χ2n) is 4.72. The Morgan fingerprint density at radius 3 is 2.24 bits per heavy atom. The van der Waals surface area contributed by atoms with Crippen LogP contribution in [0.3, 0.4) is 0 Å². The number of amides is 2. The summed E-state index contributed by atoms with van der Waals surface area (Å²) in [6.45, 7) is 0. The zero-order valence-corrected chi connectivity index (χ0v) is 11.7. The fourth-order valence-electron chi connectivity index (χ4n) is 2.41. The van der Waals surface area contributed by atoms with Crippen molar-refractivity contribution < 1.29 is 19.5 Å². The van der Waals surface area contributed by atoms with E-state index in [2.05, 4.69) is 0 Å². The second kappa shape index (κ2) is 5.14. The number of hydrogen-bond acceptors (Lipinski definition) is 4. The van der Waals surface area contributed by atoms with Gasteiger partial charge in [-0.05, 0) is 34.5 Å². The van der Waals surface area contributed by atoms with Gasteiger partial charge in [0.15, 0.2) is 0 Å². The minimum Gasteiger partial charge on any atom is -0.480 e. The van der Waals surface area contributed by atoms with Crippen LogP contribution in [0.5, 0.6) is 0 Å². The predicted molar refractivity (Wildman–Crippen MR) is 76.4 cm³/mol. The van der Waals surface area contributed by atoms with Crippen molar-refractivity contribution in [3.8, 4) is 0 Å². The number of aliphatic carboxylic acids is 1. The number of carboxylic acid groups (broad SMARTS) is 1. The average Bonchev–Trinajstić information content (AvgIpc) is 3.06. The van der Waals surface area contributed by atoms with E-state index in [1.54, 1.807) is 30.3 Å². The van der Waals surface area contributed by atoms with Crippen molar-refractivity contribution in [2.24, 2.45) is 0 Å². The lowest BCUT2D eigenvalue weighted by Gasteiger charge is -2.22. The molecule has 2 heterocycles. The van der Waals surface area contributed by atoms with E-state index in [1.807, 2.05) is 10.8 Å². The molecule has 1 aromatic heterocycles. The third kappa shape index (κ3) is 2.23. The average molecular weight is 301 g/mol. The van der Waals surface area contributed by atoms with Gasteiger partial charge >= 0.3 is 5.97 Å². The van der Waals surface area contributed by atoms with Gasteiger partial charge in [-0.1, -0.05) is 12.1 Å². The van der Waals surface area contributed by atoms with Gasteiger partial charge in [-0.3, -0.25) is 14.5 Å². The topological polar surface area (TPSA) is 74.7 Å². The first-order valence-electron chi connectivity index (χ1n) is 6.30. The summed E-state index contributed by atoms with van der Waals surface area (Å²) in [6.07, 6.45) is 0.115. The van der Waals surface area contributed by atoms with E-state index in [4.69, 9.17) is 0 Å². The molecule has 1 aliphatic heterocycles. The molecule has 5 nitrogen and oxygen atoms in total. The fraction of sp³-hybridized carbons (Fsp3) is 0.133. The van der Waals surface area contributed by atoms with E-state index in [1.165, 1.54) is 11.3 Å². The minimum atomic E-state index is -1.19. The molecule has 0 saturated carbocycles. The maximum atomic E-state index is 12.3. The quantitative estimate of drug-likeness (QED) is 0.877. The van der Waals surface area contributed by atoms with Crippen molar-refractivity contribution in [3.63, 3.8) is 0 Å². The van der Waals surface area contributed by atoms with Crippen LogP contribution >= 0.6 is 11.3 Å². The monoisotopic (exact) mass is 301 g/mol. The lowest BCUT2D eigenvalue weighted by Crippen LogP contribution is -2.46. The van der Waals surface area contributed by atoms with E-state index in [9.17, 15) is 19.5 Å². The molecule has 0 spiro atoms. The molecule has 1 aromatic carbocycles. The van der Waals surface area contributed by atoms with Gasteiger partial charge in [0.1, 0.15) is 6.04 Å². The predicted octanol–water partition coefficient (Wildman–Crippen LogP) is 2.04. The Hall–Kier alpha value is -2.47. The Kier molecular flexibility index (Phi) is 3.31. The van der Waals surface area contributed by atoms with E-state index < -0.39 is 23.8 Å². The Bertz CT molecular complexity index is 688. The number of imide groups is 1. The van der Waals surface area contributed by atoms with Crippen molar-refractivity contribution in [2.75, 3.05) is 0 Å². The normalized spacial score (nSPS) is 15.1. The van der Waals surface area contributed by atoms with Crippen LogP contribution in [0.4, 0.5) is 0 Å². The van der Waals surface area contributed by atoms with Crippen LogP contribution in [-0.4, -0.2) is 33.8 Å². The molecular formula is C15H11NO4S. The third-order valence-corrected chi connectivity index (χ3v) is 4.16. The Labute approximate surface area is 124 Å². The molecule has 21 heavy (non-hydrogen) atoms. The van der Waals surface area contributed by atoms with E-state index in [0.717, 1.165) is 10.5 Å². The SMILES string of the molecule is O=C(O)C(Cc1ccsc1)N1C(=O)c2ccccc2C1=O. The summed E-state index contributed by atoms with van der Waals surface area (Å²) >= 11 is 1.44. The van der Waals surface area contributed by atoms with Gasteiger partial charge in [0.05, 0.1) is 11.1 Å². The van der Waals surface area contributed by atoms with Crippen LogP contribution in [0, 0.1) is 0 Å². The first kappa shape index (κ1) is 13.5. The molecule has 0 bridgehead atoms. The minimum absolute atomic E-state index is 0.115. The summed E-state index contributed by atoms with van der Waals surface area (Å²) < 4.78 is 0. The first-order valence-corrected chi connectivity index (χ1v) is 7.24. The van der Waals surface area contributed by atoms with E-state index in [-0.39, 0.29) is 17.5 Å². The maximum absolute atomic E-state index is 12.3. The molecule has 2 aromatic rings. The molecule has 1 atom stereocenters. The summed E-state index contributed by atoms with van der Waals surface area (Å²) in [7, 11) is 0. The molecule has 3 rings (SSSR count). The zero-order chi connectivity index (χ0) is 15.0. The van der Waals surface area contributed by atoms with Crippen molar-refractivity contribution in [3.05, 3.63) is 57.8 Å². The van der Waals surface area contributed by atoms with Crippen LogP contribution in [0.2, 0.25) is 0 Å². The van der Waals surface area contributed by atoms with Crippen molar-refractivity contribution in [1.29, 1.82) is 0 Å². The number of carbonyl (C=O) groups excluding carboxylic acids is 2. The lowest BCUT2D eigenvalue weighted by molar-refractivity contribution is -0.141. The Balaban J connectivity index is 1.96. The molecule has 6 heteroatoms. The largest absolute Gasteiger partial charge is 0.480 e. The van der Waals surface area contributed by atoms with Crippen molar-refractivity contribution >= 4 is 29.1 Å². The van der Waals surface area contributed by atoms with Crippen molar-refractivity contribution in [1.82, 2.24) is 4.90 Å². The van der Waals surface area contributed by atoms with Crippen LogP contribution in [-0.2, 0) is 11.2 Å². The highest BCUT2D eigenvalue weighted by molar-refractivity contribution is 7.07. The molecule has 2 amide bonds. The van der Waals surface area contributed by atoms with Crippen LogP contribution in [0.15, 0.2) is 41.1 Å². The number of benzene rings is 1. The van der Waals surface area contributed by atoms with Gasteiger partial charge < -0.3 is 5.11 Å². The zero-order valence-electron chi connectivity index (χ0n) is 10.9. The molecule has 1 N–H and O–H groups in total. The molecule has 1 aliphatic rings. The molecular weight excluding hydrogens is 290 g/mol. The highest BCUT2D eigenvalue weighted by atomic mass is 32.1. The van der Waals surface area contributed by atoms with Crippen molar-refractivity contribution in [2.45, 2.75) is 12.5 Å². The fourth-order valence-corrected chi connectivity index (χ4v) is 3.09. The molecule has 0 saturated heterocycles. The Morgan fingerprint density at radius 1 is 1.14 bits per heavy atom. The molecule has 0 aliphatic carbocycles. The van der Waals surface area contributed by atoms with E-state index >= 15 is 0 Å². The van der Waals surface area contributed by atoms with Gasteiger partial charge in [0.2, 0.25) is 0 Å². The number of rotatable bonds is 4. The second-order valence-corrected chi connectivity index (χ2v) is 5.50. The third-order valence-electron chi connectivity index (χ3n) is 3.43. The van der Waals surface area contributed by atoms with Gasteiger partial charge in [0, 0.05) is 6.42 Å². The Morgan fingerprint density at radius 2 is 1.76 bits per heavy atom. The number of nitrogens with zero attached hydrogens (tertiary/aromatic N) is 1. The summed E-state index contributed by atoms with van der Waals surface area (Å²) in [6, 6.07) is 6.99.